The van der Waals surface area contributed by atoms with E-state index in [0.717, 1.165) is 29.8 Å². The number of rotatable bonds is 4. The minimum Gasteiger partial charge on any atom is -0.493 e. The summed E-state index contributed by atoms with van der Waals surface area (Å²) in [6.45, 7) is 4.01. The summed E-state index contributed by atoms with van der Waals surface area (Å²) in [6, 6.07) is 17.2. The highest BCUT2D eigenvalue weighted by Gasteiger charge is 2.21. The minimum absolute atomic E-state index is 0.345. The van der Waals surface area contributed by atoms with Crippen molar-refractivity contribution < 1.29 is 4.74 Å². The first-order valence-corrected chi connectivity index (χ1v) is 8.24. The molecule has 1 aliphatic rings. The fraction of sp³-hybridized carbons (Fsp3) is 0.333. The molecule has 1 N–H and O–H groups in total. The predicted molar refractivity (Wildman–Crippen MR) is 89.9 cm³/mol. The number of halogens is 1. The largest absolute Gasteiger partial charge is 0.493 e. The standard InChI is InChI=1S/C18H20BrNO/c1-13(14-5-4-6-16(19)11-14)20-12-15-9-10-21-18-8-3-2-7-17(15)18/h2-8,11,13,15,20H,9-10,12H2,1H3/t13-,15?/m0/s1. The number of benzene rings is 2. The van der Waals surface area contributed by atoms with Gasteiger partial charge in [-0.2, -0.15) is 0 Å². The van der Waals surface area contributed by atoms with Crippen LogP contribution in [-0.2, 0) is 0 Å². The van der Waals surface area contributed by atoms with Crippen molar-refractivity contribution >= 4 is 15.9 Å². The van der Waals surface area contributed by atoms with Crippen LogP contribution in [0, 0.1) is 0 Å². The zero-order valence-corrected chi connectivity index (χ0v) is 13.8. The van der Waals surface area contributed by atoms with Gasteiger partial charge in [-0.15, -0.1) is 0 Å². The van der Waals surface area contributed by atoms with E-state index in [4.69, 9.17) is 4.74 Å². The van der Waals surface area contributed by atoms with Gasteiger partial charge in [-0.05, 0) is 42.7 Å². The van der Waals surface area contributed by atoms with E-state index in [1.165, 1.54) is 11.1 Å². The monoisotopic (exact) mass is 345 g/mol. The SMILES string of the molecule is C[C@H](NCC1CCOc2ccccc21)c1cccc(Br)c1. The number of nitrogens with one attached hydrogen (secondary N) is 1. The highest BCUT2D eigenvalue weighted by molar-refractivity contribution is 9.10. The molecule has 21 heavy (non-hydrogen) atoms. The Balaban J connectivity index is 1.66. The molecule has 3 heteroatoms. The summed E-state index contributed by atoms with van der Waals surface area (Å²) < 4.78 is 6.86. The summed E-state index contributed by atoms with van der Waals surface area (Å²) in [5.74, 6) is 1.58. The lowest BCUT2D eigenvalue weighted by molar-refractivity contribution is 0.263. The average molecular weight is 346 g/mol. The van der Waals surface area contributed by atoms with Crippen molar-refractivity contribution in [1.82, 2.24) is 5.32 Å². The van der Waals surface area contributed by atoms with Crippen LogP contribution in [0.25, 0.3) is 0 Å². The first-order valence-electron chi connectivity index (χ1n) is 7.44. The summed E-state index contributed by atoms with van der Waals surface area (Å²) in [4.78, 5) is 0. The molecular formula is C18H20BrNO. The van der Waals surface area contributed by atoms with Crippen LogP contribution in [0.4, 0.5) is 0 Å². The minimum atomic E-state index is 0.345. The summed E-state index contributed by atoms with van der Waals surface area (Å²) in [5.41, 5.74) is 2.64. The van der Waals surface area contributed by atoms with Crippen molar-refractivity contribution in [1.29, 1.82) is 0 Å². The topological polar surface area (TPSA) is 21.3 Å². The maximum atomic E-state index is 5.73. The van der Waals surface area contributed by atoms with Crippen molar-refractivity contribution in [3.05, 3.63) is 64.1 Å². The Labute approximate surface area is 134 Å². The molecule has 2 nitrogen and oxygen atoms in total. The van der Waals surface area contributed by atoms with Gasteiger partial charge < -0.3 is 10.1 Å². The van der Waals surface area contributed by atoms with Crippen molar-refractivity contribution in [3.63, 3.8) is 0 Å². The highest BCUT2D eigenvalue weighted by Crippen LogP contribution is 2.33. The molecule has 0 saturated carbocycles. The molecular weight excluding hydrogens is 326 g/mol. The molecule has 0 aliphatic carbocycles. The third kappa shape index (κ3) is 3.47. The second kappa shape index (κ2) is 6.63. The van der Waals surface area contributed by atoms with E-state index in [0.29, 0.717) is 12.0 Å². The Morgan fingerprint density at radius 3 is 2.95 bits per heavy atom. The van der Waals surface area contributed by atoms with Crippen LogP contribution in [0.2, 0.25) is 0 Å². The Hall–Kier alpha value is -1.32. The van der Waals surface area contributed by atoms with Crippen LogP contribution in [0.15, 0.2) is 53.0 Å². The molecule has 110 valence electrons. The Morgan fingerprint density at radius 1 is 1.24 bits per heavy atom. The Kier molecular flexibility index (Phi) is 4.61. The number of hydrogen-bond acceptors (Lipinski definition) is 2. The Morgan fingerprint density at radius 2 is 2.10 bits per heavy atom. The third-order valence-electron chi connectivity index (χ3n) is 4.10. The lowest BCUT2D eigenvalue weighted by Crippen LogP contribution is -2.28. The van der Waals surface area contributed by atoms with E-state index >= 15 is 0 Å². The molecule has 1 unspecified atom stereocenters. The van der Waals surface area contributed by atoms with E-state index in [2.05, 4.69) is 70.6 Å². The normalized spacial score (nSPS) is 18.7. The Bertz CT molecular complexity index is 614. The molecule has 2 aromatic carbocycles. The molecule has 3 rings (SSSR count). The van der Waals surface area contributed by atoms with Crippen molar-refractivity contribution in [2.45, 2.75) is 25.3 Å². The number of para-hydroxylation sites is 1. The third-order valence-corrected chi connectivity index (χ3v) is 4.60. The smallest absolute Gasteiger partial charge is 0.122 e. The van der Waals surface area contributed by atoms with Gasteiger partial charge in [0.2, 0.25) is 0 Å². The van der Waals surface area contributed by atoms with Gasteiger partial charge in [0, 0.05) is 23.0 Å². The maximum absolute atomic E-state index is 5.73. The quantitative estimate of drug-likeness (QED) is 0.869. The van der Waals surface area contributed by atoms with E-state index in [-0.39, 0.29) is 0 Å². The van der Waals surface area contributed by atoms with Crippen LogP contribution < -0.4 is 10.1 Å². The highest BCUT2D eigenvalue weighted by atomic mass is 79.9. The van der Waals surface area contributed by atoms with Crippen LogP contribution in [0.1, 0.15) is 36.4 Å². The molecule has 0 amide bonds. The van der Waals surface area contributed by atoms with Gasteiger partial charge in [0.15, 0.2) is 0 Å². The van der Waals surface area contributed by atoms with E-state index in [1.807, 2.05) is 6.07 Å². The summed E-state index contributed by atoms with van der Waals surface area (Å²) in [5, 5.41) is 3.66. The molecule has 2 atom stereocenters. The summed E-state index contributed by atoms with van der Waals surface area (Å²) >= 11 is 3.54. The number of hydrogen-bond donors (Lipinski definition) is 1. The van der Waals surface area contributed by atoms with Crippen molar-refractivity contribution in [2.75, 3.05) is 13.2 Å². The molecule has 0 saturated heterocycles. The molecule has 0 aromatic heterocycles. The fourth-order valence-electron chi connectivity index (χ4n) is 2.84. The molecule has 0 spiro atoms. The first-order chi connectivity index (χ1) is 10.2. The lowest BCUT2D eigenvalue weighted by Gasteiger charge is -2.27. The van der Waals surface area contributed by atoms with Crippen molar-refractivity contribution in [2.24, 2.45) is 0 Å². The van der Waals surface area contributed by atoms with Crippen LogP contribution in [-0.4, -0.2) is 13.2 Å². The van der Waals surface area contributed by atoms with Crippen LogP contribution in [0.5, 0.6) is 5.75 Å². The van der Waals surface area contributed by atoms with Gasteiger partial charge in [-0.25, -0.2) is 0 Å². The van der Waals surface area contributed by atoms with Crippen molar-refractivity contribution in [3.8, 4) is 5.75 Å². The zero-order chi connectivity index (χ0) is 14.7. The molecule has 0 bridgehead atoms. The first kappa shape index (κ1) is 14.6. The summed E-state index contributed by atoms with van der Waals surface area (Å²) in [6.07, 6.45) is 1.08. The zero-order valence-electron chi connectivity index (χ0n) is 12.2. The molecule has 1 heterocycles. The number of ether oxygens (including phenoxy) is 1. The van der Waals surface area contributed by atoms with E-state index < -0.39 is 0 Å². The van der Waals surface area contributed by atoms with Gasteiger partial charge in [-0.1, -0.05) is 46.3 Å². The van der Waals surface area contributed by atoms with Crippen LogP contribution >= 0.6 is 15.9 Å². The summed E-state index contributed by atoms with van der Waals surface area (Å²) in [7, 11) is 0. The molecule has 0 radical (unpaired) electrons. The second-order valence-corrected chi connectivity index (χ2v) is 6.47. The van der Waals surface area contributed by atoms with Gasteiger partial charge in [0.1, 0.15) is 5.75 Å². The second-order valence-electron chi connectivity index (χ2n) is 5.56. The van der Waals surface area contributed by atoms with Gasteiger partial charge >= 0.3 is 0 Å². The van der Waals surface area contributed by atoms with Crippen LogP contribution in [0.3, 0.4) is 0 Å². The number of fused-ring (bicyclic) bond motifs is 1. The fourth-order valence-corrected chi connectivity index (χ4v) is 3.26. The molecule has 0 fully saturated rings. The van der Waals surface area contributed by atoms with Gasteiger partial charge in [-0.3, -0.25) is 0 Å². The van der Waals surface area contributed by atoms with E-state index in [1.54, 1.807) is 0 Å². The van der Waals surface area contributed by atoms with E-state index in [9.17, 15) is 0 Å². The predicted octanol–water partition coefficient (Wildman–Crippen LogP) is 4.67. The maximum Gasteiger partial charge on any atom is 0.122 e. The van der Waals surface area contributed by atoms with Gasteiger partial charge in [0.25, 0.3) is 0 Å². The molecule has 2 aromatic rings. The lowest BCUT2D eigenvalue weighted by atomic mass is 9.92. The molecule has 1 aliphatic heterocycles. The van der Waals surface area contributed by atoms with Gasteiger partial charge in [0.05, 0.1) is 6.61 Å². The average Bonchev–Trinajstić information content (AvgIpc) is 2.52.